The zero-order valence-corrected chi connectivity index (χ0v) is 18.5. The van der Waals surface area contributed by atoms with Crippen molar-refractivity contribution in [3.05, 3.63) is 72.8 Å². The van der Waals surface area contributed by atoms with E-state index in [0.717, 1.165) is 33.2 Å². The summed E-state index contributed by atoms with van der Waals surface area (Å²) in [7, 11) is 3.08. The van der Waals surface area contributed by atoms with Gasteiger partial charge in [-0.3, -0.25) is 0 Å². The highest BCUT2D eigenvalue weighted by atomic mass is 79.9. The third-order valence-corrected chi connectivity index (χ3v) is 8.70. The van der Waals surface area contributed by atoms with Gasteiger partial charge in [0.05, 0.1) is 28.0 Å². The van der Waals surface area contributed by atoms with Gasteiger partial charge >= 0.3 is 0 Å². The lowest BCUT2D eigenvalue weighted by atomic mass is 10.3. The fraction of sp³-hybridized carbons (Fsp3) is 0.182. The van der Waals surface area contributed by atoms with Crippen molar-refractivity contribution >= 4 is 23.2 Å². The molecule has 0 bridgehead atoms. The summed E-state index contributed by atoms with van der Waals surface area (Å²) in [6.45, 7) is 2.29. The Bertz CT molecular complexity index is 782. The van der Waals surface area contributed by atoms with Crippen LogP contribution in [0.1, 0.15) is 0 Å². The molecular formula is C22H24BrO3P. The van der Waals surface area contributed by atoms with Gasteiger partial charge in [-0.1, -0.05) is 36.4 Å². The molecule has 0 aliphatic rings. The molecule has 0 unspecified atom stereocenters. The Kier molecular flexibility index (Phi) is 7.29. The van der Waals surface area contributed by atoms with Gasteiger partial charge in [-0.2, -0.15) is 0 Å². The number of methoxy groups -OCH3 is 3. The molecule has 0 N–H and O–H groups in total. The summed E-state index contributed by atoms with van der Waals surface area (Å²) in [5.74, 6) is 2.63. The first-order valence-electron chi connectivity index (χ1n) is 8.44. The first kappa shape index (κ1) is 21.3. The van der Waals surface area contributed by atoms with Gasteiger partial charge in [0.1, 0.15) is 23.2 Å². The first-order chi connectivity index (χ1) is 12.7. The lowest BCUT2D eigenvalue weighted by molar-refractivity contribution is -0.00000609. The second-order valence-corrected chi connectivity index (χ2v) is 9.48. The summed E-state index contributed by atoms with van der Waals surface area (Å²) < 4.78 is 17.2. The quantitative estimate of drug-likeness (QED) is 0.520. The molecule has 3 rings (SSSR count). The number of hydrogen-bond acceptors (Lipinski definition) is 3. The fourth-order valence-electron chi connectivity index (χ4n) is 3.39. The van der Waals surface area contributed by atoms with E-state index >= 15 is 0 Å². The Balaban J connectivity index is 0.00000261. The molecule has 5 heteroatoms. The molecule has 3 aromatic carbocycles. The van der Waals surface area contributed by atoms with Crippen LogP contribution in [0.3, 0.4) is 0 Å². The van der Waals surface area contributed by atoms with E-state index in [0.29, 0.717) is 0 Å². The smallest absolute Gasteiger partial charge is 0.161 e. The molecule has 0 saturated carbocycles. The van der Waals surface area contributed by atoms with Gasteiger partial charge in [0, 0.05) is 0 Å². The van der Waals surface area contributed by atoms with Crippen LogP contribution in [-0.4, -0.2) is 28.0 Å². The minimum absolute atomic E-state index is 0. The van der Waals surface area contributed by atoms with E-state index in [4.69, 9.17) is 14.2 Å². The van der Waals surface area contributed by atoms with Crippen molar-refractivity contribution in [1.82, 2.24) is 0 Å². The maximum absolute atomic E-state index is 5.73. The van der Waals surface area contributed by atoms with E-state index in [1.807, 2.05) is 36.4 Å². The fourth-order valence-corrected chi connectivity index (χ4v) is 7.14. The minimum Gasteiger partial charge on any atom is -1.00 e. The highest BCUT2D eigenvalue weighted by Crippen LogP contribution is 2.57. The third kappa shape index (κ3) is 3.83. The van der Waals surface area contributed by atoms with E-state index in [1.54, 1.807) is 21.3 Å². The van der Waals surface area contributed by atoms with Crippen LogP contribution in [0.15, 0.2) is 72.8 Å². The molecule has 0 aromatic heterocycles. The summed E-state index contributed by atoms with van der Waals surface area (Å²) in [6, 6.07) is 24.6. The topological polar surface area (TPSA) is 27.7 Å². The van der Waals surface area contributed by atoms with Crippen LogP contribution < -0.4 is 47.1 Å². The molecule has 0 aliphatic carbocycles. The number of para-hydroxylation sites is 3. The summed E-state index contributed by atoms with van der Waals surface area (Å²) >= 11 is 0. The monoisotopic (exact) mass is 446 g/mol. The van der Waals surface area contributed by atoms with Crippen LogP contribution in [0.5, 0.6) is 17.2 Å². The lowest BCUT2D eigenvalue weighted by Gasteiger charge is -2.27. The van der Waals surface area contributed by atoms with E-state index in [1.165, 1.54) is 0 Å². The second kappa shape index (κ2) is 9.25. The van der Waals surface area contributed by atoms with Crippen LogP contribution in [0, 0.1) is 0 Å². The summed E-state index contributed by atoms with van der Waals surface area (Å²) in [5.41, 5.74) is 0. The van der Waals surface area contributed by atoms with Crippen LogP contribution in [0.4, 0.5) is 0 Å². The Morgan fingerprint density at radius 3 is 1.04 bits per heavy atom. The van der Waals surface area contributed by atoms with E-state index < -0.39 is 7.26 Å². The molecular weight excluding hydrogens is 423 g/mol. The Hall–Kier alpha value is -2.03. The van der Waals surface area contributed by atoms with Gasteiger partial charge in [0.25, 0.3) is 0 Å². The molecule has 0 amide bonds. The molecule has 0 heterocycles. The maximum atomic E-state index is 5.73. The van der Waals surface area contributed by atoms with Crippen LogP contribution in [0.25, 0.3) is 0 Å². The zero-order valence-electron chi connectivity index (χ0n) is 16.0. The Labute approximate surface area is 172 Å². The predicted molar refractivity (Wildman–Crippen MR) is 111 cm³/mol. The molecule has 3 aromatic rings. The largest absolute Gasteiger partial charge is 1.00 e. The number of ether oxygens (including phenoxy) is 3. The van der Waals surface area contributed by atoms with E-state index in [-0.39, 0.29) is 17.0 Å². The average Bonchev–Trinajstić information content (AvgIpc) is 2.73. The summed E-state index contributed by atoms with van der Waals surface area (Å²) in [5, 5.41) is 3.49. The molecule has 0 radical (unpaired) electrons. The van der Waals surface area contributed by atoms with Crippen molar-refractivity contribution < 1.29 is 31.2 Å². The number of benzene rings is 3. The summed E-state index contributed by atoms with van der Waals surface area (Å²) in [6.07, 6.45) is 0. The average molecular weight is 447 g/mol. The predicted octanol–water partition coefficient (Wildman–Crippen LogP) is 0.640. The van der Waals surface area contributed by atoms with E-state index in [9.17, 15) is 0 Å². The van der Waals surface area contributed by atoms with Crippen LogP contribution in [-0.2, 0) is 0 Å². The highest BCUT2D eigenvalue weighted by Gasteiger charge is 2.46. The number of halogens is 1. The molecule has 27 heavy (non-hydrogen) atoms. The normalized spacial score (nSPS) is 10.7. The van der Waals surface area contributed by atoms with Gasteiger partial charge in [0.15, 0.2) is 17.2 Å². The first-order valence-corrected chi connectivity index (χ1v) is 10.7. The van der Waals surface area contributed by atoms with Crippen molar-refractivity contribution in [2.45, 2.75) is 0 Å². The Morgan fingerprint density at radius 2 is 0.778 bits per heavy atom. The molecule has 0 spiro atoms. The minimum atomic E-state index is -2.06. The van der Waals surface area contributed by atoms with Crippen molar-refractivity contribution in [2.75, 3.05) is 28.0 Å². The van der Waals surface area contributed by atoms with Crippen molar-refractivity contribution in [3.8, 4) is 17.2 Å². The van der Waals surface area contributed by atoms with Crippen molar-refractivity contribution in [3.63, 3.8) is 0 Å². The zero-order chi connectivity index (χ0) is 18.6. The van der Waals surface area contributed by atoms with Gasteiger partial charge < -0.3 is 31.2 Å². The maximum Gasteiger partial charge on any atom is 0.161 e. The third-order valence-electron chi connectivity index (χ3n) is 4.70. The number of rotatable bonds is 6. The molecule has 0 fully saturated rings. The SMILES string of the molecule is COc1ccccc1[P+](C)(c1ccccc1OC)c1ccccc1OC.[Br-]. The van der Waals surface area contributed by atoms with Gasteiger partial charge in [-0.15, -0.1) is 0 Å². The van der Waals surface area contributed by atoms with Gasteiger partial charge in [0.2, 0.25) is 0 Å². The highest BCUT2D eigenvalue weighted by molar-refractivity contribution is 7.95. The van der Waals surface area contributed by atoms with Gasteiger partial charge in [-0.25, -0.2) is 0 Å². The molecule has 0 saturated heterocycles. The molecule has 3 nitrogen and oxygen atoms in total. The lowest BCUT2D eigenvalue weighted by Crippen LogP contribution is -3.00. The summed E-state index contributed by atoms with van der Waals surface area (Å²) in [4.78, 5) is 0. The van der Waals surface area contributed by atoms with Crippen molar-refractivity contribution in [2.24, 2.45) is 0 Å². The van der Waals surface area contributed by atoms with Crippen LogP contribution in [0.2, 0.25) is 0 Å². The molecule has 142 valence electrons. The molecule has 0 aliphatic heterocycles. The Morgan fingerprint density at radius 1 is 0.519 bits per heavy atom. The standard InChI is InChI=1S/C22H24O3P.BrH/c1-23-17-11-5-8-14-20(17)26(4,21-15-9-6-12-18(21)24-2)22-16-10-7-13-19(22)25-3;/h5-16H,1-4H3;1H/q+1;/p-1. The van der Waals surface area contributed by atoms with Gasteiger partial charge in [-0.05, 0) is 36.4 Å². The number of hydrogen-bond donors (Lipinski definition) is 0. The molecule has 0 atom stereocenters. The second-order valence-electron chi connectivity index (χ2n) is 6.02. The van der Waals surface area contributed by atoms with E-state index in [2.05, 4.69) is 43.1 Å². The van der Waals surface area contributed by atoms with Crippen LogP contribution >= 0.6 is 7.26 Å². The van der Waals surface area contributed by atoms with Crippen molar-refractivity contribution in [1.29, 1.82) is 0 Å².